The number of hydrogen-bond donors (Lipinski definition) is 1. The summed E-state index contributed by atoms with van der Waals surface area (Å²) < 4.78 is 0. The molecule has 1 amide bonds. The zero-order valence-corrected chi connectivity index (χ0v) is 15.1. The molecule has 0 atom stereocenters. The number of aryl methyl sites for hydroxylation is 1. The van der Waals surface area contributed by atoms with Gasteiger partial charge in [-0.15, -0.1) is 10.2 Å². The molecule has 0 fully saturated rings. The van der Waals surface area contributed by atoms with E-state index in [0.29, 0.717) is 6.42 Å². The summed E-state index contributed by atoms with van der Waals surface area (Å²) in [6.45, 7) is 2.13. The Morgan fingerprint density at radius 1 is 0.889 bits per heavy atom. The van der Waals surface area contributed by atoms with Crippen molar-refractivity contribution in [3.8, 4) is 5.69 Å². The van der Waals surface area contributed by atoms with E-state index >= 15 is 0 Å². The second-order valence-electron chi connectivity index (χ2n) is 6.42. The van der Waals surface area contributed by atoms with E-state index in [-0.39, 0.29) is 5.91 Å². The Bertz CT molecular complexity index is 1070. The van der Waals surface area contributed by atoms with Crippen LogP contribution >= 0.6 is 0 Å². The van der Waals surface area contributed by atoms with Crippen LogP contribution in [0.5, 0.6) is 0 Å². The van der Waals surface area contributed by atoms with E-state index in [1.807, 2.05) is 60.7 Å². The molecule has 5 heteroatoms. The average molecular weight is 356 g/mol. The van der Waals surface area contributed by atoms with Gasteiger partial charge in [0.1, 0.15) is 11.0 Å². The number of carbonyl (C=O) groups excluding carboxylic acids is 1. The van der Waals surface area contributed by atoms with Crippen LogP contribution in [0.1, 0.15) is 18.1 Å². The lowest BCUT2D eigenvalue weighted by molar-refractivity contribution is -0.115. The lowest BCUT2D eigenvalue weighted by Gasteiger charge is -2.04. The van der Waals surface area contributed by atoms with Crippen molar-refractivity contribution >= 4 is 22.6 Å². The van der Waals surface area contributed by atoms with Gasteiger partial charge >= 0.3 is 0 Å². The van der Waals surface area contributed by atoms with Gasteiger partial charge in [0.15, 0.2) is 0 Å². The zero-order valence-electron chi connectivity index (χ0n) is 15.1. The molecule has 0 aliphatic heterocycles. The number of benzene rings is 3. The normalized spacial score (nSPS) is 10.9. The fourth-order valence-corrected chi connectivity index (χ4v) is 2.96. The van der Waals surface area contributed by atoms with Crippen LogP contribution in [0.2, 0.25) is 0 Å². The minimum atomic E-state index is -0.0527. The lowest BCUT2D eigenvalue weighted by atomic mass is 10.1. The molecule has 0 saturated carbocycles. The molecule has 0 unspecified atom stereocenters. The van der Waals surface area contributed by atoms with Gasteiger partial charge in [-0.25, -0.2) is 0 Å². The van der Waals surface area contributed by atoms with E-state index in [4.69, 9.17) is 0 Å². The Morgan fingerprint density at radius 3 is 2.37 bits per heavy atom. The summed E-state index contributed by atoms with van der Waals surface area (Å²) in [5.41, 5.74) is 5.43. The van der Waals surface area contributed by atoms with Crippen molar-refractivity contribution in [3.63, 3.8) is 0 Å². The number of aromatic nitrogens is 3. The molecular weight excluding hydrogens is 336 g/mol. The highest BCUT2D eigenvalue weighted by Crippen LogP contribution is 2.18. The Morgan fingerprint density at radius 2 is 1.63 bits per heavy atom. The van der Waals surface area contributed by atoms with Gasteiger partial charge in [-0.3, -0.25) is 4.79 Å². The molecule has 5 nitrogen and oxygen atoms in total. The smallest absolute Gasteiger partial charge is 0.228 e. The second-order valence-corrected chi connectivity index (χ2v) is 6.42. The minimum Gasteiger partial charge on any atom is -0.326 e. The molecular formula is C22H20N4O. The standard InChI is InChI=1S/C22H20N4O/c1-2-16-8-11-19(12-9-16)26-24-20-13-10-18(15-21(20)25-26)23-22(27)14-17-6-4-3-5-7-17/h3-13,15H,2,14H2,1H3,(H,23,27). The molecule has 0 spiro atoms. The topological polar surface area (TPSA) is 59.8 Å². The Labute approximate surface area is 157 Å². The third kappa shape index (κ3) is 3.87. The third-order valence-corrected chi connectivity index (χ3v) is 4.45. The van der Waals surface area contributed by atoms with Gasteiger partial charge in [-0.1, -0.05) is 49.4 Å². The van der Waals surface area contributed by atoms with E-state index in [1.54, 1.807) is 4.80 Å². The third-order valence-electron chi connectivity index (χ3n) is 4.45. The van der Waals surface area contributed by atoms with Crippen molar-refractivity contribution in [1.29, 1.82) is 0 Å². The fraction of sp³-hybridized carbons (Fsp3) is 0.136. The number of nitrogens with zero attached hydrogens (tertiary/aromatic N) is 3. The highest BCUT2D eigenvalue weighted by Gasteiger charge is 2.08. The van der Waals surface area contributed by atoms with Crippen LogP contribution in [0.3, 0.4) is 0 Å². The molecule has 4 aromatic rings. The fourth-order valence-electron chi connectivity index (χ4n) is 2.96. The maximum absolute atomic E-state index is 12.3. The van der Waals surface area contributed by atoms with Crippen molar-refractivity contribution in [2.45, 2.75) is 19.8 Å². The zero-order chi connectivity index (χ0) is 18.6. The summed E-state index contributed by atoms with van der Waals surface area (Å²) in [6, 6.07) is 23.5. The van der Waals surface area contributed by atoms with Gasteiger partial charge in [0.05, 0.1) is 12.1 Å². The molecule has 0 bridgehead atoms. The Kier molecular flexibility index (Phi) is 4.66. The predicted octanol–water partition coefficient (Wildman–Crippen LogP) is 4.16. The molecule has 1 N–H and O–H groups in total. The van der Waals surface area contributed by atoms with E-state index in [2.05, 4.69) is 34.6 Å². The monoisotopic (exact) mass is 356 g/mol. The van der Waals surface area contributed by atoms with E-state index in [9.17, 15) is 4.79 Å². The van der Waals surface area contributed by atoms with Crippen molar-refractivity contribution in [3.05, 3.63) is 83.9 Å². The Balaban J connectivity index is 1.52. The van der Waals surface area contributed by atoms with Crippen LogP contribution in [0.4, 0.5) is 5.69 Å². The number of rotatable bonds is 5. The summed E-state index contributed by atoms with van der Waals surface area (Å²) in [5.74, 6) is -0.0527. The van der Waals surface area contributed by atoms with E-state index in [1.165, 1.54) is 5.56 Å². The summed E-state index contributed by atoms with van der Waals surface area (Å²) in [5, 5.41) is 12.0. The first-order chi connectivity index (χ1) is 13.2. The first-order valence-corrected chi connectivity index (χ1v) is 9.01. The van der Waals surface area contributed by atoms with Crippen LogP contribution in [0, 0.1) is 0 Å². The number of amides is 1. The minimum absolute atomic E-state index is 0.0527. The second kappa shape index (κ2) is 7.41. The largest absolute Gasteiger partial charge is 0.326 e. The van der Waals surface area contributed by atoms with E-state index < -0.39 is 0 Å². The van der Waals surface area contributed by atoms with Crippen molar-refractivity contribution in [2.24, 2.45) is 0 Å². The average Bonchev–Trinajstić information content (AvgIpc) is 3.12. The van der Waals surface area contributed by atoms with Crippen LogP contribution in [0.15, 0.2) is 72.8 Å². The number of hydrogen-bond acceptors (Lipinski definition) is 3. The van der Waals surface area contributed by atoms with Crippen LogP contribution in [0.25, 0.3) is 16.7 Å². The maximum Gasteiger partial charge on any atom is 0.228 e. The Hall–Kier alpha value is -3.47. The van der Waals surface area contributed by atoms with Crippen molar-refractivity contribution in [2.75, 3.05) is 5.32 Å². The van der Waals surface area contributed by atoms with Gasteiger partial charge in [0.2, 0.25) is 5.91 Å². The maximum atomic E-state index is 12.3. The van der Waals surface area contributed by atoms with Gasteiger partial charge in [-0.2, -0.15) is 4.80 Å². The molecule has 4 rings (SSSR count). The summed E-state index contributed by atoms with van der Waals surface area (Å²) >= 11 is 0. The highest BCUT2D eigenvalue weighted by atomic mass is 16.1. The lowest BCUT2D eigenvalue weighted by Crippen LogP contribution is -2.14. The summed E-state index contributed by atoms with van der Waals surface area (Å²) in [7, 11) is 0. The quantitative estimate of drug-likeness (QED) is 0.584. The van der Waals surface area contributed by atoms with Crippen molar-refractivity contribution in [1.82, 2.24) is 15.0 Å². The SMILES string of the molecule is CCc1ccc(-n2nc3ccc(NC(=O)Cc4ccccc4)cc3n2)cc1. The van der Waals surface area contributed by atoms with Crippen molar-refractivity contribution < 1.29 is 4.79 Å². The van der Waals surface area contributed by atoms with E-state index in [0.717, 1.165) is 34.4 Å². The molecule has 134 valence electrons. The number of carbonyl (C=O) groups is 1. The number of fused-ring (bicyclic) bond motifs is 1. The summed E-state index contributed by atoms with van der Waals surface area (Å²) in [4.78, 5) is 13.9. The van der Waals surface area contributed by atoms with Crippen LogP contribution in [-0.2, 0) is 17.6 Å². The van der Waals surface area contributed by atoms with Gasteiger partial charge < -0.3 is 5.32 Å². The summed E-state index contributed by atoms with van der Waals surface area (Å²) in [6.07, 6.45) is 1.34. The molecule has 0 saturated heterocycles. The van der Waals surface area contributed by atoms with Gasteiger partial charge in [-0.05, 0) is 47.9 Å². The number of nitrogens with one attached hydrogen (secondary N) is 1. The molecule has 1 heterocycles. The van der Waals surface area contributed by atoms with Crippen LogP contribution < -0.4 is 5.32 Å². The number of anilines is 1. The highest BCUT2D eigenvalue weighted by molar-refractivity contribution is 5.94. The molecule has 3 aromatic carbocycles. The first-order valence-electron chi connectivity index (χ1n) is 9.01. The van der Waals surface area contributed by atoms with Gasteiger partial charge in [0, 0.05) is 5.69 Å². The first kappa shape index (κ1) is 17.0. The molecule has 1 aromatic heterocycles. The molecule has 0 aliphatic rings. The molecule has 27 heavy (non-hydrogen) atoms. The molecule has 0 aliphatic carbocycles. The predicted molar refractivity (Wildman–Crippen MR) is 107 cm³/mol. The van der Waals surface area contributed by atoms with Gasteiger partial charge in [0.25, 0.3) is 0 Å². The van der Waals surface area contributed by atoms with Crippen LogP contribution in [-0.4, -0.2) is 20.9 Å². The molecule has 0 radical (unpaired) electrons.